The van der Waals surface area contributed by atoms with E-state index in [1.165, 1.54) is 52.2 Å². The average molecular weight is 445 g/mol. The molecule has 1 heterocycles. The van der Waals surface area contributed by atoms with Gasteiger partial charge < -0.3 is 19.6 Å². The predicted molar refractivity (Wildman–Crippen MR) is 105 cm³/mol. The Labute approximate surface area is 173 Å². The summed E-state index contributed by atoms with van der Waals surface area (Å²) in [4.78, 5) is 24.4. The van der Waals surface area contributed by atoms with Crippen LogP contribution in [0.15, 0.2) is 33.6 Å². The summed E-state index contributed by atoms with van der Waals surface area (Å²) in [5.41, 5.74) is 0.268. The molecule has 0 aliphatic carbocycles. The van der Waals surface area contributed by atoms with E-state index in [9.17, 15) is 18.0 Å². The molecule has 0 aliphatic rings. The highest BCUT2D eigenvalue weighted by Crippen LogP contribution is 2.27. The maximum atomic E-state index is 12.4. The highest BCUT2D eigenvalue weighted by Gasteiger charge is 2.24. The van der Waals surface area contributed by atoms with Gasteiger partial charge in [0.15, 0.2) is 6.10 Å². The first-order chi connectivity index (χ1) is 13.5. The largest absolute Gasteiger partial charge is 0.463 e. The molecule has 1 aromatic heterocycles. The van der Waals surface area contributed by atoms with Crippen LogP contribution in [-0.2, 0) is 26.2 Å². The van der Waals surface area contributed by atoms with E-state index >= 15 is 0 Å². The molecule has 2 aromatic rings. The molecule has 0 radical (unpaired) electrons. The van der Waals surface area contributed by atoms with Crippen LogP contribution in [-0.4, -0.2) is 49.9 Å². The van der Waals surface area contributed by atoms with E-state index in [1.54, 1.807) is 0 Å². The number of ether oxygens (including phenoxy) is 1. The molecule has 9 nitrogen and oxygen atoms in total. The summed E-state index contributed by atoms with van der Waals surface area (Å²) < 4.78 is 35.9. The predicted octanol–water partition coefficient (Wildman–Crippen LogP) is 2.17. The van der Waals surface area contributed by atoms with Crippen molar-refractivity contribution in [2.75, 3.05) is 19.4 Å². The summed E-state index contributed by atoms with van der Waals surface area (Å²) in [5, 5.41) is 11.6. The minimum Gasteiger partial charge on any atom is -0.463 e. The van der Waals surface area contributed by atoms with E-state index in [0.29, 0.717) is 0 Å². The van der Waals surface area contributed by atoms with E-state index in [1.807, 2.05) is 0 Å². The van der Waals surface area contributed by atoms with Gasteiger partial charge in [-0.2, -0.15) is 0 Å². The minimum absolute atomic E-state index is 0.00583. The second kappa shape index (κ2) is 8.95. The van der Waals surface area contributed by atoms with Crippen molar-refractivity contribution in [1.29, 1.82) is 0 Å². The van der Waals surface area contributed by atoms with Gasteiger partial charge in [0.2, 0.25) is 10.0 Å². The number of carbonyl (C=O) groups is 2. The fourth-order valence-electron chi connectivity index (χ4n) is 2.32. The Morgan fingerprint density at radius 3 is 2.52 bits per heavy atom. The quantitative estimate of drug-likeness (QED) is 0.626. The standard InChI is InChI=1S/C18H21ClN2O7S/c1-10-14(8-13(9-22)27-10)18(24)28-11(2)17(23)20-12-5-6-15(19)16(7-12)29(25,26)21(3)4/h5-8,11,22H,9H2,1-4H3,(H,20,23)/t11-/m1/s1. The van der Waals surface area contributed by atoms with Crippen LogP contribution in [0.3, 0.4) is 0 Å². The van der Waals surface area contributed by atoms with Crippen molar-refractivity contribution in [3.8, 4) is 0 Å². The lowest BCUT2D eigenvalue weighted by atomic mass is 10.2. The van der Waals surface area contributed by atoms with Crippen LogP contribution in [0.2, 0.25) is 5.02 Å². The van der Waals surface area contributed by atoms with Crippen molar-refractivity contribution < 1.29 is 32.3 Å². The Morgan fingerprint density at radius 2 is 1.97 bits per heavy atom. The van der Waals surface area contributed by atoms with E-state index < -0.39 is 28.0 Å². The van der Waals surface area contributed by atoms with E-state index in [2.05, 4.69) is 5.32 Å². The molecule has 158 valence electrons. The van der Waals surface area contributed by atoms with E-state index in [-0.39, 0.29) is 39.3 Å². The monoisotopic (exact) mass is 444 g/mol. The Hall–Kier alpha value is -2.40. The third kappa shape index (κ3) is 5.15. The Morgan fingerprint density at radius 1 is 1.31 bits per heavy atom. The van der Waals surface area contributed by atoms with Gasteiger partial charge in [0.25, 0.3) is 5.91 Å². The molecule has 0 bridgehead atoms. The number of carbonyl (C=O) groups excluding carboxylic acids is 2. The maximum Gasteiger partial charge on any atom is 0.342 e. The summed E-state index contributed by atoms with van der Waals surface area (Å²) in [6.07, 6.45) is -1.18. The number of halogens is 1. The van der Waals surface area contributed by atoms with E-state index in [0.717, 1.165) is 4.31 Å². The summed E-state index contributed by atoms with van der Waals surface area (Å²) in [6.45, 7) is 2.52. The first-order valence-corrected chi connectivity index (χ1v) is 10.2. The third-order valence-corrected chi connectivity index (χ3v) is 6.25. The highest BCUT2D eigenvalue weighted by atomic mass is 35.5. The minimum atomic E-state index is -3.81. The molecular weight excluding hydrogens is 424 g/mol. The molecule has 0 saturated heterocycles. The number of benzene rings is 1. The topological polar surface area (TPSA) is 126 Å². The van der Waals surface area contributed by atoms with Gasteiger partial charge in [0.1, 0.15) is 28.6 Å². The van der Waals surface area contributed by atoms with Crippen LogP contribution in [0.1, 0.15) is 28.8 Å². The number of hydrogen-bond donors (Lipinski definition) is 2. The molecule has 29 heavy (non-hydrogen) atoms. The Balaban J connectivity index is 2.13. The van der Waals surface area contributed by atoms with Gasteiger partial charge in [0, 0.05) is 19.8 Å². The number of amides is 1. The number of aryl methyl sites for hydroxylation is 1. The number of furan rings is 1. The van der Waals surface area contributed by atoms with Gasteiger partial charge >= 0.3 is 5.97 Å². The van der Waals surface area contributed by atoms with Crippen molar-refractivity contribution >= 4 is 39.2 Å². The van der Waals surface area contributed by atoms with Crippen LogP contribution >= 0.6 is 11.6 Å². The van der Waals surface area contributed by atoms with E-state index in [4.69, 9.17) is 25.9 Å². The second-order valence-electron chi connectivity index (χ2n) is 6.31. The van der Waals surface area contributed by atoms with Crippen LogP contribution in [0.25, 0.3) is 0 Å². The molecule has 1 amide bonds. The number of nitrogens with one attached hydrogen (secondary N) is 1. The zero-order valence-electron chi connectivity index (χ0n) is 16.2. The lowest BCUT2D eigenvalue weighted by molar-refractivity contribution is -0.123. The first kappa shape index (κ1) is 22.9. The molecule has 1 aromatic carbocycles. The summed E-state index contributed by atoms with van der Waals surface area (Å²) >= 11 is 5.97. The van der Waals surface area contributed by atoms with Crippen LogP contribution < -0.4 is 5.32 Å². The van der Waals surface area contributed by atoms with Crippen molar-refractivity contribution in [1.82, 2.24) is 4.31 Å². The first-order valence-electron chi connectivity index (χ1n) is 8.41. The number of nitrogens with zero attached hydrogens (tertiary/aromatic N) is 1. The summed E-state index contributed by atoms with van der Waals surface area (Å²) in [5.74, 6) is -1.01. The number of aliphatic hydroxyl groups is 1. The van der Waals surface area contributed by atoms with Gasteiger partial charge in [-0.3, -0.25) is 4.79 Å². The molecule has 0 unspecified atom stereocenters. The Bertz CT molecular complexity index is 1030. The fraction of sp³-hybridized carbons (Fsp3) is 0.333. The lowest BCUT2D eigenvalue weighted by Gasteiger charge is -2.16. The normalized spacial score (nSPS) is 12.7. The number of hydrogen-bond acceptors (Lipinski definition) is 7. The van der Waals surface area contributed by atoms with Crippen LogP contribution in [0.4, 0.5) is 5.69 Å². The SMILES string of the molecule is Cc1oc(CO)cc1C(=O)O[C@H](C)C(=O)Nc1ccc(Cl)c(S(=O)(=O)N(C)C)c1. The van der Waals surface area contributed by atoms with Crippen LogP contribution in [0, 0.1) is 6.92 Å². The number of anilines is 1. The number of sulfonamides is 1. The third-order valence-electron chi connectivity index (χ3n) is 3.95. The zero-order valence-corrected chi connectivity index (χ0v) is 17.8. The molecule has 0 spiro atoms. The molecule has 0 aliphatic heterocycles. The summed E-state index contributed by atoms with van der Waals surface area (Å²) in [6, 6.07) is 5.32. The number of aliphatic hydroxyl groups excluding tert-OH is 1. The van der Waals surface area contributed by atoms with Gasteiger partial charge in [-0.05, 0) is 38.1 Å². The average Bonchev–Trinajstić information content (AvgIpc) is 3.03. The molecule has 11 heteroatoms. The second-order valence-corrected chi connectivity index (χ2v) is 8.84. The highest BCUT2D eigenvalue weighted by molar-refractivity contribution is 7.89. The van der Waals surface area contributed by atoms with Crippen LogP contribution in [0.5, 0.6) is 0 Å². The molecular formula is C18H21ClN2O7S. The Kier molecular flexibility index (Phi) is 7.06. The lowest BCUT2D eigenvalue weighted by Crippen LogP contribution is -2.30. The van der Waals surface area contributed by atoms with Gasteiger partial charge in [-0.15, -0.1) is 0 Å². The molecule has 2 N–H and O–H groups in total. The van der Waals surface area contributed by atoms with Gasteiger partial charge in [0.05, 0.1) is 5.02 Å². The van der Waals surface area contributed by atoms with Crippen molar-refractivity contribution in [2.45, 2.75) is 31.5 Å². The fourth-order valence-corrected chi connectivity index (χ4v) is 3.72. The number of esters is 1. The van der Waals surface area contributed by atoms with Gasteiger partial charge in [-0.25, -0.2) is 17.5 Å². The summed E-state index contributed by atoms with van der Waals surface area (Å²) in [7, 11) is -1.09. The number of rotatable bonds is 7. The molecule has 0 fully saturated rings. The zero-order chi connectivity index (χ0) is 21.9. The van der Waals surface area contributed by atoms with Crippen molar-refractivity contribution in [3.63, 3.8) is 0 Å². The smallest absolute Gasteiger partial charge is 0.342 e. The van der Waals surface area contributed by atoms with Crippen molar-refractivity contribution in [2.24, 2.45) is 0 Å². The van der Waals surface area contributed by atoms with Crippen molar-refractivity contribution in [3.05, 3.63) is 46.4 Å². The molecule has 1 atom stereocenters. The van der Waals surface area contributed by atoms with Gasteiger partial charge in [-0.1, -0.05) is 11.6 Å². The molecule has 2 rings (SSSR count). The maximum absolute atomic E-state index is 12.4. The molecule has 0 saturated carbocycles.